The molecule has 1 aliphatic rings. The third kappa shape index (κ3) is 4.50. The van der Waals surface area contributed by atoms with Gasteiger partial charge in [0.2, 0.25) is 21.9 Å². The number of anilines is 1. The average Bonchev–Trinajstić information content (AvgIpc) is 2.83. The summed E-state index contributed by atoms with van der Waals surface area (Å²) in [7, 11) is -3.97. The van der Waals surface area contributed by atoms with Crippen LogP contribution in [0.4, 0.5) is 5.95 Å². The summed E-state index contributed by atoms with van der Waals surface area (Å²) in [6, 6.07) is 11.2. The Morgan fingerprint density at radius 2 is 1.79 bits per heavy atom. The lowest BCUT2D eigenvalue weighted by atomic mass is 10.1. The van der Waals surface area contributed by atoms with Crippen LogP contribution < -0.4 is 10.6 Å². The number of rotatable bonds is 6. The van der Waals surface area contributed by atoms with Crippen molar-refractivity contribution in [3.05, 3.63) is 60.4 Å². The Bertz CT molecular complexity index is 1300. The highest BCUT2D eigenvalue weighted by atomic mass is 32.2. The second-order valence-corrected chi connectivity index (χ2v) is 9.37. The summed E-state index contributed by atoms with van der Waals surface area (Å²) < 4.78 is 32.8. The maximum atomic E-state index is 13.4. The van der Waals surface area contributed by atoms with Gasteiger partial charge < -0.3 is 15.4 Å². The van der Waals surface area contributed by atoms with Gasteiger partial charge in [-0.15, -0.1) is 0 Å². The van der Waals surface area contributed by atoms with Crippen LogP contribution in [0.2, 0.25) is 0 Å². The number of carbonyl (C=O) groups excluding carboxylic acids is 2. The van der Waals surface area contributed by atoms with Gasteiger partial charge in [-0.25, -0.2) is 23.2 Å². The lowest BCUT2D eigenvalue weighted by Gasteiger charge is -2.38. The van der Waals surface area contributed by atoms with Crippen LogP contribution in [0.3, 0.4) is 0 Å². The molecular formula is C22H23N5O5S. The molecule has 0 aliphatic carbocycles. The van der Waals surface area contributed by atoms with E-state index in [1.165, 1.54) is 18.5 Å². The Morgan fingerprint density at radius 1 is 1.09 bits per heavy atom. The number of nitrogens with two attached hydrogens (primary N) is 1. The largest absolute Gasteiger partial charge is 0.462 e. The first kappa shape index (κ1) is 22.6. The number of hydrogen-bond donors (Lipinski definition) is 1. The highest BCUT2D eigenvalue weighted by Crippen LogP contribution is 2.26. The molecule has 1 saturated heterocycles. The summed E-state index contributed by atoms with van der Waals surface area (Å²) in [5.74, 6) is -1.05. The molecule has 4 rings (SSSR count). The number of nitrogens with zero attached hydrogens (tertiary/aromatic N) is 4. The molecule has 1 aliphatic heterocycles. The van der Waals surface area contributed by atoms with Crippen LogP contribution in [0.15, 0.2) is 59.8 Å². The predicted octanol–water partition coefficient (Wildman–Crippen LogP) is 1.17. The number of ether oxygens (including phenoxy) is 1. The number of amides is 1. The van der Waals surface area contributed by atoms with Gasteiger partial charge in [-0.05, 0) is 29.8 Å². The molecule has 1 aromatic heterocycles. The van der Waals surface area contributed by atoms with Crippen molar-refractivity contribution in [2.45, 2.75) is 17.9 Å². The van der Waals surface area contributed by atoms with Crippen molar-refractivity contribution in [1.29, 1.82) is 0 Å². The molecule has 1 unspecified atom stereocenters. The molecule has 11 heteroatoms. The van der Waals surface area contributed by atoms with Gasteiger partial charge in [-0.2, -0.15) is 4.31 Å². The van der Waals surface area contributed by atoms with Crippen LogP contribution in [-0.4, -0.2) is 66.9 Å². The van der Waals surface area contributed by atoms with Crippen molar-refractivity contribution in [3.63, 3.8) is 0 Å². The normalized spacial score (nSPS) is 17.1. The maximum Gasteiger partial charge on any atom is 0.341 e. The molecule has 2 heterocycles. The van der Waals surface area contributed by atoms with Crippen LogP contribution in [0.25, 0.3) is 10.8 Å². The van der Waals surface area contributed by atoms with Crippen molar-refractivity contribution in [1.82, 2.24) is 14.3 Å². The Morgan fingerprint density at radius 3 is 2.45 bits per heavy atom. The number of carbonyl (C=O) groups is 2. The summed E-state index contributed by atoms with van der Waals surface area (Å²) >= 11 is 0. The quantitative estimate of drug-likeness (QED) is 0.532. The van der Waals surface area contributed by atoms with E-state index in [1.54, 1.807) is 24.0 Å². The van der Waals surface area contributed by atoms with Crippen molar-refractivity contribution < 1.29 is 22.7 Å². The van der Waals surface area contributed by atoms with Crippen LogP contribution in [0, 0.1) is 0 Å². The first-order valence-corrected chi connectivity index (χ1v) is 11.8. The molecule has 0 spiro atoms. The average molecular weight is 470 g/mol. The summed E-state index contributed by atoms with van der Waals surface area (Å²) in [6.07, 6.45) is 2.66. The Hall–Kier alpha value is -3.57. The van der Waals surface area contributed by atoms with Gasteiger partial charge in [-0.3, -0.25) is 4.79 Å². The molecule has 2 N–H and O–H groups in total. The number of hydrogen-bond acceptors (Lipinski definition) is 8. The Balaban J connectivity index is 1.57. The van der Waals surface area contributed by atoms with E-state index in [9.17, 15) is 18.0 Å². The van der Waals surface area contributed by atoms with Gasteiger partial charge >= 0.3 is 5.97 Å². The lowest BCUT2D eigenvalue weighted by Crippen LogP contribution is -2.60. The van der Waals surface area contributed by atoms with Gasteiger partial charge in [0.25, 0.3) is 0 Å². The van der Waals surface area contributed by atoms with Crippen molar-refractivity contribution in [2.75, 3.05) is 31.1 Å². The second kappa shape index (κ2) is 9.12. The summed E-state index contributed by atoms with van der Waals surface area (Å²) in [6.45, 7) is 2.18. The number of benzene rings is 2. The van der Waals surface area contributed by atoms with Gasteiger partial charge in [0, 0.05) is 32.0 Å². The number of primary amides is 1. The van der Waals surface area contributed by atoms with E-state index in [0.717, 1.165) is 15.1 Å². The number of piperazine rings is 1. The molecule has 0 saturated carbocycles. The second-order valence-electron chi connectivity index (χ2n) is 7.48. The van der Waals surface area contributed by atoms with E-state index in [0.29, 0.717) is 0 Å². The number of aromatic nitrogens is 2. The predicted molar refractivity (Wildman–Crippen MR) is 121 cm³/mol. The Labute approximate surface area is 191 Å². The fraction of sp³-hybridized carbons (Fsp3) is 0.273. The van der Waals surface area contributed by atoms with Gasteiger partial charge in [0.05, 0.1) is 17.1 Å². The SMILES string of the molecule is CCOC(=O)c1cnc(N2CCN(S(=O)(=O)c3ccc4ccccc4c3)C(C(N)=O)C2)nc1. The van der Waals surface area contributed by atoms with Gasteiger partial charge in [-0.1, -0.05) is 30.3 Å². The molecule has 33 heavy (non-hydrogen) atoms. The first-order valence-electron chi connectivity index (χ1n) is 10.4. The Kier molecular flexibility index (Phi) is 6.25. The molecule has 3 aromatic rings. The monoisotopic (exact) mass is 469 g/mol. The minimum Gasteiger partial charge on any atom is -0.462 e. The maximum absolute atomic E-state index is 13.4. The number of sulfonamides is 1. The first-order chi connectivity index (χ1) is 15.8. The molecule has 0 radical (unpaired) electrons. The van der Waals surface area contributed by atoms with Gasteiger partial charge in [0.1, 0.15) is 6.04 Å². The van der Waals surface area contributed by atoms with Crippen LogP contribution in [0.5, 0.6) is 0 Å². The highest BCUT2D eigenvalue weighted by molar-refractivity contribution is 7.89. The van der Waals surface area contributed by atoms with Crippen LogP contribution >= 0.6 is 0 Å². The summed E-state index contributed by atoms with van der Waals surface area (Å²) in [5.41, 5.74) is 5.79. The smallest absolute Gasteiger partial charge is 0.341 e. The van der Waals surface area contributed by atoms with E-state index in [1.807, 2.05) is 24.3 Å². The molecule has 0 bridgehead atoms. The number of esters is 1. The van der Waals surface area contributed by atoms with Crippen molar-refractivity contribution >= 4 is 38.6 Å². The van der Waals surface area contributed by atoms with Gasteiger partial charge in [0.15, 0.2) is 0 Å². The molecular weight excluding hydrogens is 446 g/mol. The van der Waals surface area contributed by atoms with Crippen LogP contribution in [0.1, 0.15) is 17.3 Å². The summed E-state index contributed by atoms with van der Waals surface area (Å²) in [5, 5.41) is 1.69. The zero-order valence-electron chi connectivity index (χ0n) is 17.9. The topological polar surface area (TPSA) is 136 Å². The van der Waals surface area contributed by atoms with E-state index in [-0.39, 0.29) is 42.6 Å². The summed E-state index contributed by atoms with van der Waals surface area (Å²) in [4.78, 5) is 34.1. The number of fused-ring (bicyclic) bond motifs is 1. The van der Waals surface area contributed by atoms with Crippen LogP contribution in [-0.2, 0) is 19.6 Å². The molecule has 1 amide bonds. The zero-order valence-corrected chi connectivity index (χ0v) is 18.7. The molecule has 1 atom stereocenters. The van der Waals surface area contributed by atoms with E-state index in [4.69, 9.17) is 10.5 Å². The third-order valence-corrected chi connectivity index (χ3v) is 7.32. The minimum absolute atomic E-state index is 0.0130. The minimum atomic E-state index is -3.97. The fourth-order valence-corrected chi connectivity index (χ4v) is 5.35. The van der Waals surface area contributed by atoms with E-state index < -0.39 is 27.9 Å². The van der Waals surface area contributed by atoms with Crippen molar-refractivity contribution in [2.24, 2.45) is 5.73 Å². The van der Waals surface area contributed by atoms with E-state index >= 15 is 0 Å². The molecule has 172 valence electrons. The highest BCUT2D eigenvalue weighted by Gasteiger charge is 2.40. The molecule has 10 nitrogen and oxygen atoms in total. The molecule has 2 aromatic carbocycles. The third-order valence-electron chi connectivity index (χ3n) is 5.42. The zero-order chi connectivity index (χ0) is 23.6. The fourth-order valence-electron chi connectivity index (χ4n) is 3.74. The lowest BCUT2D eigenvalue weighted by molar-refractivity contribution is -0.121. The van der Waals surface area contributed by atoms with Crippen molar-refractivity contribution in [3.8, 4) is 0 Å². The van der Waals surface area contributed by atoms with E-state index in [2.05, 4.69) is 9.97 Å². The molecule has 1 fully saturated rings. The standard InChI is InChI=1S/C22H23N5O5S/c1-2-32-21(29)17-12-24-22(25-13-17)26-9-10-27(19(14-26)20(23)28)33(30,31)18-8-7-15-5-3-4-6-16(15)11-18/h3-8,11-13,19H,2,9-10,14H2,1H3,(H2,23,28).